The molecule has 2 aromatic carbocycles. The zero-order chi connectivity index (χ0) is 21.7. The van der Waals surface area contributed by atoms with Crippen LogP contribution in [0.15, 0.2) is 56.3 Å². The molecule has 9 heteroatoms. The van der Waals surface area contributed by atoms with Crippen molar-refractivity contribution in [2.45, 2.75) is 13.5 Å². The van der Waals surface area contributed by atoms with Crippen molar-refractivity contribution in [1.82, 2.24) is 4.90 Å². The quantitative estimate of drug-likeness (QED) is 0.337. The van der Waals surface area contributed by atoms with Crippen LogP contribution in [0, 0.1) is 0 Å². The van der Waals surface area contributed by atoms with Crippen molar-refractivity contribution < 1.29 is 23.9 Å². The molecule has 1 saturated heterocycles. The predicted octanol–water partition coefficient (Wildman–Crippen LogP) is 5.39. The van der Waals surface area contributed by atoms with Crippen molar-refractivity contribution in [3.63, 3.8) is 0 Å². The number of benzene rings is 2. The summed E-state index contributed by atoms with van der Waals surface area (Å²) in [5, 5.41) is -0.500. The first-order chi connectivity index (χ1) is 14.4. The molecule has 0 saturated carbocycles. The van der Waals surface area contributed by atoms with Crippen LogP contribution in [0.25, 0.3) is 6.08 Å². The third-order valence-corrected chi connectivity index (χ3v) is 6.10. The molecule has 0 aliphatic carbocycles. The fourth-order valence-corrected chi connectivity index (χ4v) is 4.94. The van der Waals surface area contributed by atoms with E-state index in [9.17, 15) is 14.4 Å². The Hall–Kier alpha value is -2.10. The Morgan fingerprint density at radius 2 is 1.80 bits per heavy atom. The summed E-state index contributed by atoms with van der Waals surface area (Å²) >= 11 is 7.78. The fraction of sp³-hybridized carbons (Fsp3) is 0.190. The first-order valence-corrected chi connectivity index (χ1v) is 11.4. The normalized spacial score (nSPS) is 15.0. The van der Waals surface area contributed by atoms with Crippen LogP contribution < -0.4 is 4.74 Å². The highest BCUT2D eigenvalue weighted by Gasteiger charge is 2.36. The average Bonchev–Trinajstić information content (AvgIpc) is 2.95. The predicted molar refractivity (Wildman–Crippen MR) is 122 cm³/mol. The molecule has 0 bridgehead atoms. The smallest absolute Gasteiger partial charge is 0.326 e. The number of ether oxygens (including phenoxy) is 2. The SMILES string of the molecule is CCOC(=O)CN1C(=O)S/C(=C\c2cc(Br)c(OCc3ccccc3)c(Br)c2)C1=O. The van der Waals surface area contributed by atoms with Gasteiger partial charge in [0.25, 0.3) is 11.1 Å². The Balaban J connectivity index is 1.75. The van der Waals surface area contributed by atoms with Crippen LogP contribution in [-0.2, 0) is 20.9 Å². The number of carbonyl (C=O) groups excluding carboxylic acids is 3. The van der Waals surface area contributed by atoms with E-state index in [1.165, 1.54) is 0 Å². The Labute approximate surface area is 194 Å². The van der Waals surface area contributed by atoms with E-state index in [1.807, 2.05) is 30.3 Å². The molecular formula is C21H17Br2NO5S. The van der Waals surface area contributed by atoms with Gasteiger partial charge in [0.2, 0.25) is 0 Å². The van der Waals surface area contributed by atoms with E-state index in [4.69, 9.17) is 9.47 Å². The highest BCUT2D eigenvalue weighted by molar-refractivity contribution is 9.11. The van der Waals surface area contributed by atoms with Gasteiger partial charge in [-0.15, -0.1) is 0 Å². The fourth-order valence-electron chi connectivity index (χ4n) is 2.65. The second-order valence-electron chi connectivity index (χ2n) is 6.16. The molecule has 2 amide bonds. The van der Waals surface area contributed by atoms with Gasteiger partial charge in [0, 0.05) is 0 Å². The van der Waals surface area contributed by atoms with Crippen molar-refractivity contribution in [1.29, 1.82) is 0 Å². The topological polar surface area (TPSA) is 72.9 Å². The third-order valence-electron chi connectivity index (χ3n) is 4.01. The van der Waals surface area contributed by atoms with Crippen LogP contribution in [0.5, 0.6) is 5.75 Å². The number of imide groups is 1. The van der Waals surface area contributed by atoms with Gasteiger partial charge in [0.1, 0.15) is 18.9 Å². The molecule has 0 aromatic heterocycles. The lowest BCUT2D eigenvalue weighted by Crippen LogP contribution is -2.34. The molecule has 3 rings (SSSR count). The van der Waals surface area contributed by atoms with E-state index >= 15 is 0 Å². The van der Waals surface area contributed by atoms with Gasteiger partial charge in [0.15, 0.2) is 0 Å². The number of esters is 1. The van der Waals surface area contributed by atoms with E-state index in [2.05, 4.69) is 31.9 Å². The first-order valence-electron chi connectivity index (χ1n) is 8.95. The number of carbonyl (C=O) groups is 3. The molecule has 1 heterocycles. The summed E-state index contributed by atoms with van der Waals surface area (Å²) in [5.74, 6) is -0.507. The van der Waals surface area contributed by atoms with Gasteiger partial charge >= 0.3 is 5.97 Å². The summed E-state index contributed by atoms with van der Waals surface area (Å²) in [4.78, 5) is 37.4. The zero-order valence-electron chi connectivity index (χ0n) is 15.9. The third kappa shape index (κ3) is 5.53. The molecular weight excluding hydrogens is 538 g/mol. The Morgan fingerprint density at radius 1 is 1.13 bits per heavy atom. The summed E-state index contributed by atoms with van der Waals surface area (Å²) < 4.78 is 12.1. The highest BCUT2D eigenvalue weighted by Crippen LogP contribution is 2.38. The number of thioether (sulfide) groups is 1. The van der Waals surface area contributed by atoms with Crippen LogP contribution in [0.4, 0.5) is 4.79 Å². The molecule has 0 atom stereocenters. The molecule has 30 heavy (non-hydrogen) atoms. The Bertz CT molecular complexity index is 987. The van der Waals surface area contributed by atoms with Gasteiger partial charge in [-0.25, -0.2) is 0 Å². The molecule has 0 unspecified atom stereocenters. The van der Waals surface area contributed by atoms with Gasteiger partial charge in [-0.2, -0.15) is 0 Å². The first kappa shape index (κ1) is 22.6. The average molecular weight is 555 g/mol. The monoisotopic (exact) mass is 553 g/mol. The van der Waals surface area contributed by atoms with Gasteiger partial charge in [-0.1, -0.05) is 30.3 Å². The van der Waals surface area contributed by atoms with Crippen molar-refractivity contribution in [3.05, 3.63) is 67.4 Å². The van der Waals surface area contributed by atoms with Gasteiger partial charge in [-0.05, 0) is 79.9 Å². The number of hydrogen-bond acceptors (Lipinski definition) is 6. The second kappa shape index (κ2) is 10.3. The summed E-state index contributed by atoms with van der Waals surface area (Å²) in [7, 11) is 0. The van der Waals surface area contributed by atoms with Crippen molar-refractivity contribution in [3.8, 4) is 5.75 Å². The minimum atomic E-state index is -0.619. The van der Waals surface area contributed by atoms with Crippen molar-refractivity contribution in [2.75, 3.05) is 13.2 Å². The standard InChI is InChI=1S/C21H17Br2NO5S/c1-2-28-18(25)11-24-20(26)17(30-21(24)27)10-14-8-15(22)19(16(23)9-14)29-12-13-6-4-3-5-7-13/h3-10H,2,11-12H2,1H3/b17-10-. The summed E-state index contributed by atoms with van der Waals surface area (Å²) in [5.41, 5.74) is 1.73. The van der Waals surface area contributed by atoms with Gasteiger partial charge in [-0.3, -0.25) is 19.3 Å². The van der Waals surface area contributed by atoms with Gasteiger partial charge in [0.05, 0.1) is 20.5 Å². The zero-order valence-corrected chi connectivity index (χ0v) is 19.9. The highest BCUT2D eigenvalue weighted by atomic mass is 79.9. The summed E-state index contributed by atoms with van der Waals surface area (Å²) in [6.07, 6.45) is 1.60. The minimum absolute atomic E-state index is 0.186. The van der Waals surface area contributed by atoms with Crippen LogP contribution in [0.3, 0.4) is 0 Å². The van der Waals surface area contributed by atoms with E-state index in [-0.39, 0.29) is 11.5 Å². The van der Waals surface area contributed by atoms with E-state index in [0.29, 0.717) is 26.9 Å². The van der Waals surface area contributed by atoms with Gasteiger partial charge < -0.3 is 9.47 Å². The maximum absolute atomic E-state index is 12.5. The molecule has 156 valence electrons. The molecule has 1 aliphatic rings. The largest absolute Gasteiger partial charge is 0.487 e. The molecule has 1 aliphatic heterocycles. The lowest BCUT2D eigenvalue weighted by molar-refractivity contribution is -0.145. The van der Waals surface area contributed by atoms with E-state index in [1.54, 1.807) is 25.1 Å². The Morgan fingerprint density at radius 3 is 2.43 bits per heavy atom. The lowest BCUT2D eigenvalue weighted by atomic mass is 10.2. The summed E-state index contributed by atoms with van der Waals surface area (Å²) in [6, 6.07) is 13.4. The number of halogens is 2. The molecule has 6 nitrogen and oxygen atoms in total. The Kier molecular flexibility index (Phi) is 7.74. The summed E-state index contributed by atoms with van der Waals surface area (Å²) in [6.45, 7) is 1.86. The molecule has 1 fully saturated rings. The van der Waals surface area contributed by atoms with E-state index < -0.39 is 23.7 Å². The van der Waals surface area contributed by atoms with E-state index in [0.717, 1.165) is 22.2 Å². The second-order valence-corrected chi connectivity index (χ2v) is 8.86. The number of rotatable bonds is 7. The molecule has 0 radical (unpaired) electrons. The molecule has 2 aromatic rings. The van der Waals surface area contributed by atoms with Crippen molar-refractivity contribution >= 4 is 66.8 Å². The van der Waals surface area contributed by atoms with Crippen LogP contribution in [0.2, 0.25) is 0 Å². The number of nitrogens with zero attached hydrogens (tertiary/aromatic N) is 1. The van der Waals surface area contributed by atoms with Crippen molar-refractivity contribution in [2.24, 2.45) is 0 Å². The minimum Gasteiger partial charge on any atom is -0.487 e. The molecule has 0 spiro atoms. The van der Waals surface area contributed by atoms with Crippen LogP contribution in [0.1, 0.15) is 18.1 Å². The van der Waals surface area contributed by atoms with Crippen LogP contribution in [-0.4, -0.2) is 35.2 Å². The maximum atomic E-state index is 12.5. The lowest BCUT2D eigenvalue weighted by Gasteiger charge is -2.12. The number of amides is 2. The molecule has 0 N–H and O–H groups in total. The van der Waals surface area contributed by atoms with Crippen LogP contribution >= 0.6 is 43.6 Å². The maximum Gasteiger partial charge on any atom is 0.326 e. The number of hydrogen-bond donors (Lipinski definition) is 0.